The van der Waals surface area contributed by atoms with Gasteiger partial charge in [0.15, 0.2) is 0 Å². The van der Waals surface area contributed by atoms with Crippen molar-refractivity contribution in [2.24, 2.45) is 5.73 Å². The van der Waals surface area contributed by atoms with Gasteiger partial charge in [-0.25, -0.2) is 0 Å². The normalized spacial score (nSPS) is 18.0. The molecule has 0 aromatic carbocycles. The van der Waals surface area contributed by atoms with E-state index in [1.165, 1.54) is 31.4 Å². The molecule has 0 aromatic heterocycles. The van der Waals surface area contributed by atoms with E-state index in [-0.39, 0.29) is 0 Å². The predicted molar refractivity (Wildman–Crippen MR) is 36.7 cm³/mol. The Morgan fingerprint density at radius 1 is 1.14 bits per heavy atom. The fourth-order valence-corrected chi connectivity index (χ4v) is 1.53. The average Bonchev–Trinajstić information content (AvgIpc) is 2.23. The zero-order valence-electron chi connectivity index (χ0n) is 4.81. The van der Waals surface area contributed by atoms with Gasteiger partial charge >= 0.3 is 0 Å². The molecule has 1 saturated heterocycles. The second-order valence-electron chi connectivity index (χ2n) is 1.32. The number of nitrogens with two attached hydrogens (primary N) is 1. The second kappa shape index (κ2) is 6.31. The summed E-state index contributed by atoms with van der Waals surface area (Å²) in [4.78, 5) is 0. The van der Waals surface area contributed by atoms with Crippen LogP contribution in [0.1, 0.15) is 12.8 Å². The molecule has 0 bridgehead atoms. The molecule has 1 rings (SSSR count). The third-order valence-electron chi connectivity index (χ3n) is 0.827. The fraction of sp³-hybridized carbons (Fsp3) is 1.00. The topological polar surface area (TPSA) is 26.0 Å². The van der Waals surface area contributed by atoms with E-state index in [4.69, 9.17) is 0 Å². The van der Waals surface area contributed by atoms with Crippen molar-refractivity contribution < 1.29 is 0 Å². The van der Waals surface area contributed by atoms with Crippen LogP contribution in [0, 0.1) is 0 Å². The Bertz CT molecular complexity index is 19.7. The molecule has 44 valence electrons. The zero-order chi connectivity index (χ0) is 5.54. The van der Waals surface area contributed by atoms with Gasteiger partial charge in [0.1, 0.15) is 0 Å². The summed E-state index contributed by atoms with van der Waals surface area (Å²) in [6, 6.07) is 0. The molecule has 1 aliphatic heterocycles. The summed E-state index contributed by atoms with van der Waals surface area (Å²) < 4.78 is 0. The van der Waals surface area contributed by atoms with Crippen molar-refractivity contribution in [3.05, 3.63) is 0 Å². The molecule has 0 saturated carbocycles. The van der Waals surface area contributed by atoms with Gasteiger partial charge in [0, 0.05) is 0 Å². The van der Waals surface area contributed by atoms with Gasteiger partial charge in [-0.1, -0.05) is 0 Å². The summed E-state index contributed by atoms with van der Waals surface area (Å²) in [7, 11) is 1.50. The third-order valence-corrected chi connectivity index (χ3v) is 1.98. The first kappa shape index (κ1) is 7.31. The van der Waals surface area contributed by atoms with Crippen LogP contribution in [-0.2, 0) is 0 Å². The number of hydrogen-bond acceptors (Lipinski definition) is 2. The van der Waals surface area contributed by atoms with E-state index in [0.717, 1.165) is 0 Å². The summed E-state index contributed by atoms with van der Waals surface area (Å²) in [5.74, 6) is 2.83. The van der Waals surface area contributed by atoms with Gasteiger partial charge in [-0.2, -0.15) is 11.8 Å². The number of rotatable bonds is 0. The smallest absolute Gasteiger partial charge is 0.00672 e. The molecule has 0 amide bonds. The Hall–Kier alpha value is 0.310. The van der Waals surface area contributed by atoms with E-state index in [2.05, 4.69) is 17.5 Å². The summed E-state index contributed by atoms with van der Waals surface area (Å²) in [5, 5.41) is 0. The summed E-state index contributed by atoms with van der Waals surface area (Å²) >= 11 is 2.07. The van der Waals surface area contributed by atoms with Gasteiger partial charge in [-0.15, -0.1) is 0 Å². The summed E-state index contributed by atoms with van der Waals surface area (Å²) in [6.45, 7) is 0. The second-order valence-corrected chi connectivity index (χ2v) is 2.54. The Balaban J connectivity index is 0.000000162. The molecule has 1 heterocycles. The highest BCUT2D eigenvalue weighted by molar-refractivity contribution is 7.99. The van der Waals surface area contributed by atoms with Crippen molar-refractivity contribution in [2.75, 3.05) is 18.6 Å². The Morgan fingerprint density at radius 3 is 1.71 bits per heavy atom. The van der Waals surface area contributed by atoms with Crippen molar-refractivity contribution >= 4 is 11.8 Å². The minimum atomic E-state index is 1.42. The quantitative estimate of drug-likeness (QED) is 0.516. The van der Waals surface area contributed by atoms with E-state index in [1.54, 1.807) is 0 Å². The largest absolute Gasteiger partial charge is 0.333 e. The van der Waals surface area contributed by atoms with Gasteiger partial charge in [-0.05, 0) is 31.4 Å². The Kier molecular flexibility index (Phi) is 6.59. The maximum absolute atomic E-state index is 4.50. The molecule has 0 atom stereocenters. The molecule has 0 aliphatic carbocycles. The Labute approximate surface area is 49.7 Å². The van der Waals surface area contributed by atoms with Crippen LogP contribution in [0.15, 0.2) is 0 Å². The molecular formula is C5H13NS. The van der Waals surface area contributed by atoms with Crippen molar-refractivity contribution in [3.63, 3.8) is 0 Å². The van der Waals surface area contributed by atoms with E-state index in [0.29, 0.717) is 0 Å². The van der Waals surface area contributed by atoms with Gasteiger partial charge in [0.2, 0.25) is 0 Å². The minimum Gasteiger partial charge on any atom is -0.333 e. The first-order valence-corrected chi connectivity index (χ1v) is 3.81. The predicted octanol–water partition coefficient (Wildman–Crippen LogP) is 1.09. The zero-order valence-corrected chi connectivity index (χ0v) is 5.63. The van der Waals surface area contributed by atoms with Crippen molar-refractivity contribution in [2.45, 2.75) is 12.8 Å². The lowest BCUT2D eigenvalue weighted by atomic mass is 10.4. The van der Waals surface area contributed by atoms with Gasteiger partial charge in [0.25, 0.3) is 0 Å². The van der Waals surface area contributed by atoms with Crippen LogP contribution in [0.3, 0.4) is 0 Å². The van der Waals surface area contributed by atoms with E-state index < -0.39 is 0 Å². The minimum absolute atomic E-state index is 1.42. The highest BCUT2D eigenvalue weighted by Crippen LogP contribution is 2.14. The highest BCUT2D eigenvalue weighted by Gasteiger charge is 1.95. The molecular weight excluding hydrogens is 106 g/mol. The number of hydrogen-bond donors (Lipinski definition) is 1. The van der Waals surface area contributed by atoms with Crippen LogP contribution in [0.2, 0.25) is 0 Å². The first-order chi connectivity index (χ1) is 3.50. The van der Waals surface area contributed by atoms with Gasteiger partial charge in [-0.3, -0.25) is 0 Å². The lowest BCUT2D eigenvalue weighted by molar-refractivity contribution is 0.949. The molecule has 0 unspecified atom stereocenters. The summed E-state index contributed by atoms with van der Waals surface area (Å²) in [5.41, 5.74) is 4.50. The fourth-order valence-electron chi connectivity index (χ4n) is 0.510. The van der Waals surface area contributed by atoms with Crippen LogP contribution in [0.25, 0.3) is 0 Å². The molecule has 1 aliphatic rings. The monoisotopic (exact) mass is 119 g/mol. The van der Waals surface area contributed by atoms with E-state index in [9.17, 15) is 0 Å². The van der Waals surface area contributed by atoms with Crippen molar-refractivity contribution in [1.82, 2.24) is 0 Å². The third kappa shape index (κ3) is 4.16. The van der Waals surface area contributed by atoms with Crippen LogP contribution in [0.4, 0.5) is 0 Å². The van der Waals surface area contributed by atoms with Crippen LogP contribution < -0.4 is 5.73 Å². The number of thioether (sulfide) groups is 1. The first-order valence-electron chi connectivity index (χ1n) is 2.65. The molecule has 1 fully saturated rings. The maximum atomic E-state index is 4.50. The maximum Gasteiger partial charge on any atom is -0.00672 e. The molecule has 0 spiro atoms. The molecule has 7 heavy (non-hydrogen) atoms. The van der Waals surface area contributed by atoms with Crippen molar-refractivity contribution in [1.29, 1.82) is 0 Å². The molecule has 0 radical (unpaired) electrons. The molecule has 1 nitrogen and oxygen atoms in total. The average molecular weight is 119 g/mol. The van der Waals surface area contributed by atoms with Crippen molar-refractivity contribution in [3.8, 4) is 0 Å². The van der Waals surface area contributed by atoms with Crippen LogP contribution in [0.5, 0.6) is 0 Å². The lowest BCUT2D eigenvalue weighted by Crippen LogP contribution is -1.69. The lowest BCUT2D eigenvalue weighted by Gasteiger charge is -1.69. The van der Waals surface area contributed by atoms with Crippen LogP contribution >= 0.6 is 11.8 Å². The van der Waals surface area contributed by atoms with E-state index >= 15 is 0 Å². The van der Waals surface area contributed by atoms with E-state index in [1.807, 2.05) is 0 Å². The SMILES string of the molecule is C1CCSC1.CN. The van der Waals surface area contributed by atoms with Gasteiger partial charge in [0.05, 0.1) is 0 Å². The molecule has 2 N–H and O–H groups in total. The molecule has 2 heteroatoms. The summed E-state index contributed by atoms with van der Waals surface area (Å²) in [6.07, 6.45) is 2.93. The molecule has 0 aromatic rings. The Morgan fingerprint density at radius 2 is 1.57 bits per heavy atom. The standard InChI is InChI=1S/C4H8S.CH5N/c1-2-4-5-3-1;1-2/h1-4H2;2H2,1H3. The van der Waals surface area contributed by atoms with Gasteiger partial charge < -0.3 is 5.73 Å². The highest BCUT2D eigenvalue weighted by atomic mass is 32.2. The van der Waals surface area contributed by atoms with Crippen LogP contribution in [-0.4, -0.2) is 18.6 Å².